The molecule has 0 aliphatic heterocycles. The van der Waals surface area contributed by atoms with Gasteiger partial charge >= 0.3 is 0 Å². The van der Waals surface area contributed by atoms with Gasteiger partial charge in [-0.15, -0.1) is 0 Å². The van der Waals surface area contributed by atoms with Gasteiger partial charge in [0.05, 0.1) is 5.41 Å². The van der Waals surface area contributed by atoms with Crippen molar-refractivity contribution < 1.29 is 0 Å². The number of benzene rings is 8. The predicted molar refractivity (Wildman–Crippen MR) is 275 cm³/mol. The number of fused-ring (bicyclic) bond motifs is 3. The Bertz CT molecular complexity index is 2930. The summed E-state index contributed by atoms with van der Waals surface area (Å²) >= 11 is 0. The molecule has 0 atom stereocenters. The van der Waals surface area contributed by atoms with Crippen molar-refractivity contribution in [1.82, 2.24) is 0 Å². The van der Waals surface area contributed by atoms with Crippen LogP contribution in [0.2, 0.25) is 0 Å². The molecule has 0 amide bonds. The molecule has 0 saturated heterocycles. The zero-order valence-electron chi connectivity index (χ0n) is 38.1. The Labute approximate surface area is 392 Å². The first-order valence-corrected chi connectivity index (χ1v) is 25.2. The van der Waals surface area contributed by atoms with Crippen molar-refractivity contribution >= 4 is 17.1 Å². The molecule has 0 radical (unpaired) electrons. The van der Waals surface area contributed by atoms with Gasteiger partial charge in [0.25, 0.3) is 0 Å². The average molecular weight is 854 g/mol. The molecule has 4 bridgehead atoms. The number of hydrogen-bond donors (Lipinski definition) is 0. The van der Waals surface area contributed by atoms with Gasteiger partial charge in [0.1, 0.15) is 0 Å². The van der Waals surface area contributed by atoms with Gasteiger partial charge in [0.15, 0.2) is 0 Å². The van der Waals surface area contributed by atoms with Crippen molar-refractivity contribution in [3.05, 3.63) is 234 Å². The normalized spacial score (nSPS) is 22.5. The highest BCUT2D eigenvalue weighted by Crippen LogP contribution is 2.61. The SMILES string of the molecule is c1ccc(C2(c3ccccc3)c3ccccc3-c3ccc(N(c4ccc(-c5ccccc5-c5ccc(C6CCCCC6)cc5)cc4)c4ccc(C56CC7CC(CC(C7)C5)C6)cc4)cc32)cc1. The Hall–Kier alpha value is -6.44. The van der Waals surface area contributed by atoms with Crippen LogP contribution in [0.3, 0.4) is 0 Å². The summed E-state index contributed by atoms with van der Waals surface area (Å²) in [5, 5.41) is 0. The van der Waals surface area contributed by atoms with Crippen LogP contribution in [-0.4, -0.2) is 0 Å². The standard InChI is InChI=1S/C65H59N/c1-4-14-48(15-5-1)49-24-26-50(27-25-49)58-20-10-11-21-59(58)51-28-32-55(33-29-51)66(56-34-30-52(31-35-56)64-42-45-38-46(43-64)40-47(39-45)44-64)57-36-37-61-60-22-12-13-23-62(60)65(63(61)41-57,53-16-6-2-7-17-53)54-18-8-3-9-19-54/h2-3,6-13,16-37,41,45-48H,1,4-5,14-15,38-40,42-44H2. The summed E-state index contributed by atoms with van der Waals surface area (Å²) in [6, 6.07) is 76.6. The molecule has 8 aromatic carbocycles. The summed E-state index contributed by atoms with van der Waals surface area (Å²) in [6.45, 7) is 0. The maximum Gasteiger partial charge on any atom is 0.0714 e. The smallest absolute Gasteiger partial charge is 0.0714 e. The fraction of sp³-hybridized carbons (Fsp3) is 0.262. The lowest BCUT2D eigenvalue weighted by Crippen LogP contribution is -2.48. The number of rotatable bonds is 9. The molecule has 5 fully saturated rings. The Morgan fingerprint density at radius 2 is 0.833 bits per heavy atom. The third-order valence-electron chi connectivity index (χ3n) is 17.1. The molecule has 6 aliphatic rings. The van der Waals surface area contributed by atoms with Gasteiger partial charge < -0.3 is 4.90 Å². The first kappa shape index (κ1) is 39.9. The molecule has 0 heterocycles. The van der Waals surface area contributed by atoms with Crippen molar-refractivity contribution in [3.8, 4) is 33.4 Å². The third-order valence-corrected chi connectivity index (χ3v) is 17.1. The summed E-state index contributed by atoms with van der Waals surface area (Å²) in [5.74, 6) is 3.46. The molecule has 324 valence electrons. The summed E-state index contributed by atoms with van der Waals surface area (Å²) < 4.78 is 0. The van der Waals surface area contributed by atoms with E-state index in [1.807, 2.05) is 0 Å². The van der Waals surface area contributed by atoms with Gasteiger partial charge in [-0.05, 0) is 184 Å². The van der Waals surface area contributed by atoms with Crippen LogP contribution < -0.4 is 4.90 Å². The molecule has 6 aliphatic carbocycles. The van der Waals surface area contributed by atoms with Crippen molar-refractivity contribution in [1.29, 1.82) is 0 Å². The van der Waals surface area contributed by atoms with E-state index >= 15 is 0 Å². The first-order valence-electron chi connectivity index (χ1n) is 25.2. The maximum absolute atomic E-state index is 2.52. The monoisotopic (exact) mass is 853 g/mol. The average Bonchev–Trinajstić information content (AvgIpc) is 3.68. The van der Waals surface area contributed by atoms with Crippen molar-refractivity contribution in [2.75, 3.05) is 4.90 Å². The van der Waals surface area contributed by atoms with E-state index in [1.165, 1.54) is 143 Å². The highest BCUT2D eigenvalue weighted by atomic mass is 15.1. The molecule has 0 aromatic heterocycles. The van der Waals surface area contributed by atoms with E-state index in [4.69, 9.17) is 0 Å². The van der Waals surface area contributed by atoms with Crippen LogP contribution >= 0.6 is 0 Å². The molecule has 0 unspecified atom stereocenters. The predicted octanol–water partition coefficient (Wildman–Crippen LogP) is 17.4. The Morgan fingerprint density at radius 3 is 1.41 bits per heavy atom. The quantitative estimate of drug-likeness (QED) is 0.140. The van der Waals surface area contributed by atoms with Crippen LogP contribution in [0.5, 0.6) is 0 Å². The minimum Gasteiger partial charge on any atom is -0.310 e. The van der Waals surface area contributed by atoms with Crippen LogP contribution in [0, 0.1) is 17.8 Å². The van der Waals surface area contributed by atoms with Crippen molar-refractivity contribution in [2.24, 2.45) is 17.8 Å². The summed E-state index contributed by atoms with van der Waals surface area (Å²) in [4.78, 5) is 2.52. The summed E-state index contributed by atoms with van der Waals surface area (Å²) in [7, 11) is 0. The second kappa shape index (κ2) is 16.2. The molecule has 0 N–H and O–H groups in total. The molecule has 14 rings (SSSR count). The van der Waals surface area contributed by atoms with E-state index in [0.29, 0.717) is 11.3 Å². The minimum absolute atomic E-state index is 0.355. The highest BCUT2D eigenvalue weighted by molar-refractivity contribution is 5.90. The molecular weight excluding hydrogens is 795 g/mol. The van der Waals surface area contributed by atoms with Gasteiger partial charge in [0, 0.05) is 17.1 Å². The largest absolute Gasteiger partial charge is 0.310 e. The summed E-state index contributed by atoms with van der Waals surface area (Å²) in [6.07, 6.45) is 15.3. The second-order valence-corrected chi connectivity index (χ2v) is 20.9. The molecule has 0 spiro atoms. The number of hydrogen-bond acceptors (Lipinski definition) is 1. The molecular formula is C65H59N. The maximum atomic E-state index is 2.52. The minimum atomic E-state index is -0.472. The Kier molecular flexibility index (Phi) is 9.77. The highest BCUT2D eigenvalue weighted by Gasteiger charge is 2.52. The van der Waals surface area contributed by atoms with Gasteiger partial charge in [-0.1, -0.05) is 183 Å². The number of anilines is 3. The molecule has 5 saturated carbocycles. The second-order valence-electron chi connectivity index (χ2n) is 20.9. The molecule has 1 heteroatoms. The van der Waals surface area contributed by atoms with Crippen LogP contribution in [0.25, 0.3) is 33.4 Å². The lowest BCUT2D eigenvalue weighted by molar-refractivity contribution is -0.00518. The Balaban J connectivity index is 0.931. The van der Waals surface area contributed by atoms with E-state index in [1.54, 1.807) is 5.56 Å². The number of nitrogens with zero attached hydrogens (tertiary/aromatic N) is 1. The Morgan fingerprint density at radius 1 is 0.364 bits per heavy atom. The zero-order chi connectivity index (χ0) is 43.7. The van der Waals surface area contributed by atoms with Crippen LogP contribution in [0.15, 0.2) is 200 Å². The summed E-state index contributed by atoms with van der Waals surface area (Å²) in [5.41, 5.74) is 19.4. The fourth-order valence-electron chi connectivity index (χ4n) is 14.6. The van der Waals surface area contributed by atoms with Gasteiger partial charge in [-0.25, -0.2) is 0 Å². The van der Waals surface area contributed by atoms with Crippen molar-refractivity contribution in [2.45, 2.75) is 87.4 Å². The zero-order valence-corrected chi connectivity index (χ0v) is 38.1. The van der Waals surface area contributed by atoms with E-state index in [9.17, 15) is 0 Å². The lowest BCUT2D eigenvalue weighted by atomic mass is 9.48. The topological polar surface area (TPSA) is 3.24 Å². The van der Waals surface area contributed by atoms with E-state index in [-0.39, 0.29) is 0 Å². The molecule has 8 aromatic rings. The van der Waals surface area contributed by atoms with Crippen LogP contribution in [0.1, 0.15) is 110 Å². The molecule has 1 nitrogen and oxygen atoms in total. The third kappa shape index (κ3) is 6.56. The van der Waals surface area contributed by atoms with Gasteiger partial charge in [0.2, 0.25) is 0 Å². The van der Waals surface area contributed by atoms with Gasteiger partial charge in [-0.3, -0.25) is 0 Å². The van der Waals surface area contributed by atoms with E-state index < -0.39 is 5.41 Å². The fourth-order valence-corrected chi connectivity index (χ4v) is 14.6. The first-order chi connectivity index (χ1) is 32.6. The lowest BCUT2D eigenvalue weighted by Gasteiger charge is -2.57. The molecule has 66 heavy (non-hydrogen) atoms. The van der Waals surface area contributed by atoms with E-state index in [2.05, 4.69) is 205 Å². The van der Waals surface area contributed by atoms with Gasteiger partial charge in [-0.2, -0.15) is 0 Å². The van der Waals surface area contributed by atoms with Crippen LogP contribution in [-0.2, 0) is 10.8 Å². The van der Waals surface area contributed by atoms with Crippen molar-refractivity contribution in [3.63, 3.8) is 0 Å². The van der Waals surface area contributed by atoms with E-state index in [0.717, 1.165) is 23.4 Å². The van der Waals surface area contributed by atoms with Crippen LogP contribution in [0.4, 0.5) is 17.1 Å².